The monoisotopic (exact) mass is 475 g/mol. The van der Waals surface area contributed by atoms with Gasteiger partial charge < -0.3 is 20.3 Å². The number of halogens is 1. The van der Waals surface area contributed by atoms with E-state index in [0.29, 0.717) is 19.0 Å². The fourth-order valence-corrected chi connectivity index (χ4v) is 2.82. The quantitative estimate of drug-likeness (QED) is 0.327. The van der Waals surface area contributed by atoms with Gasteiger partial charge in [-0.3, -0.25) is 0 Å². The van der Waals surface area contributed by atoms with Gasteiger partial charge in [-0.1, -0.05) is 19.4 Å². The first-order valence-electron chi connectivity index (χ1n) is 9.64. The lowest BCUT2D eigenvalue weighted by atomic mass is 10.1. The maximum absolute atomic E-state index is 5.51. The lowest BCUT2D eigenvalue weighted by Gasteiger charge is -2.26. The number of likely N-dealkylation sites (tertiary alicyclic amines) is 1. The van der Waals surface area contributed by atoms with Crippen molar-refractivity contribution in [3.63, 3.8) is 0 Å². The first kappa shape index (κ1) is 23.0. The first-order chi connectivity index (χ1) is 12.3. The Hall–Kier alpha value is -1.09. The maximum Gasteiger partial charge on any atom is 0.213 e. The van der Waals surface area contributed by atoms with Crippen LogP contribution < -0.4 is 15.4 Å². The number of guanidine groups is 1. The van der Waals surface area contributed by atoms with Crippen LogP contribution in [-0.2, 0) is 6.54 Å². The second-order valence-electron chi connectivity index (χ2n) is 6.38. The zero-order valence-electron chi connectivity index (χ0n) is 16.2. The van der Waals surface area contributed by atoms with Gasteiger partial charge in [-0.15, -0.1) is 24.0 Å². The zero-order chi connectivity index (χ0) is 17.7. The molecule has 2 N–H and O–H groups in total. The molecule has 1 aromatic heterocycles. The molecule has 6 nitrogen and oxygen atoms in total. The van der Waals surface area contributed by atoms with Gasteiger partial charge in [-0.05, 0) is 44.8 Å². The van der Waals surface area contributed by atoms with Crippen LogP contribution in [0.2, 0.25) is 0 Å². The van der Waals surface area contributed by atoms with Crippen LogP contribution in [0.4, 0.5) is 0 Å². The molecular formula is C19H34IN5O. The van der Waals surface area contributed by atoms with Crippen molar-refractivity contribution in [2.24, 2.45) is 4.99 Å². The Labute approximate surface area is 175 Å². The van der Waals surface area contributed by atoms with Crippen molar-refractivity contribution in [2.45, 2.75) is 46.1 Å². The van der Waals surface area contributed by atoms with E-state index in [9.17, 15) is 0 Å². The van der Waals surface area contributed by atoms with E-state index in [0.717, 1.165) is 37.6 Å². The highest BCUT2D eigenvalue weighted by Gasteiger charge is 2.09. The Morgan fingerprint density at radius 2 is 2.00 bits per heavy atom. The lowest BCUT2D eigenvalue weighted by Crippen LogP contribution is -2.42. The van der Waals surface area contributed by atoms with Crippen LogP contribution in [0, 0.1) is 0 Å². The van der Waals surface area contributed by atoms with Crippen molar-refractivity contribution in [3.05, 3.63) is 23.9 Å². The summed E-state index contributed by atoms with van der Waals surface area (Å²) in [5.41, 5.74) is 1.08. The largest absolute Gasteiger partial charge is 0.478 e. The van der Waals surface area contributed by atoms with Crippen molar-refractivity contribution in [3.8, 4) is 5.88 Å². The molecule has 1 aromatic rings. The van der Waals surface area contributed by atoms with E-state index in [1.165, 1.54) is 32.4 Å². The summed E-state index contributed by atoms with van der Waals surface area (Å²) in [5.74, 6) is 1.55. The normalized spacial score (nSPS) is 15.2. The molecule has 0 aliphatic carbocycles. The molecule has 148 valence electrons. The minimum Gasteiger partial charge on any atom is -0.478 e. The van der Waals surface area contributed by atoms with E-state index in [4.69, 9.17) is 4.74 Å². The second-order valence-corrected chi connectivity index (χ2v) is 6.38. The number of aliphatic imine (C=N–C) groups is 1. The number of hydrogen-bond acceptors (Lipinski definition) is 4. The Morgan fingerprint density at radius 1 is 1.19 bits per heavy atom. The number of nitrogens with zero attached hydrogens (tertiary/aromatic N) is 3. The number of rotatable bonds is 9. The molecule has 1 fully saturated rings. The maximum atomic E-state index is 5.51. The fraction of sp³-hybridized carbons (Fsp3) is 0.684. The number of nitrogens with one attached hydrogen (secondary N) is 2. The van der Waals surface area contributed by atoms with E-state index in [1.807, 2.05) is 18.3 Å². The minimum atomic E-state index is 0. The van der Waals surface area contributed by atoms with Crippen LogP contribution in [0.15, 0.2) is 23.3 Å². The summed E-state index contributed by atoms with van der Waals surface area (Å²) in [7, 11) is 0. The molecule has 0 unspecified atom stereocenters. The van der Waals surface area contributed by atoms with Crippen molar-refractivity contribution in [1.29, 1.82) is 0 Å². The molecule has 0 radical (unpaired) electrons. The summed E-state index contributed by atoms with van der Waals surface area (Å²) >= 11 is 0. The molecule has 0 bridgehead atoms. The lowest BCUT2D eigenvalue weighted by molar-refractivity contribution is 0.232. The number of pyridine rings is 1. The minimum absolute atomic E-state index is 0. The molecule has 0 aromatic carbocycles. The third kappa shape index (κ3) is 9.02. The summed E-state index contributed by atoms with van der Waals surface area (Å²) in [6.07, 6.45) is 6.87. The predicted molar refractivity (Wildman–Crippen MR) is 119 cm³/mol. The third-order valence-electron chi connectivity index (χ3n) is 4.18. The van der Waals surface area contributed by atoms with Crippen molar-refractivity contribution >= 4 is 29.9 Å². The van der Waals surface area contributed by atoms with E-state index in [-0.39, 0.29) is 24.0 Å². The Kier molecular flexibility index (Phi) is 12.4. The zero-order valence-corrected chi connectivity index (χ0v) is 18.5. The standard InChI is InChI=1S/C19H33N5O.HI/c1-3-14-25-18-9-8-17(15-22-18)16-23-19(20-4-2)21-10-13-24-11-6-5-7-12-24;/h8-9,15H,3-7,10-14,16H2,1-2H3,(H2,20,21,23);1H. The molecule has 0 saturated carbocycles. The number of aromatic nitrogens is 1. The smallest absolute Gasteiger partial charge is 0.213 e. The number of ether oxygens (including phenoxy) is 1. The first-order valence-corrected chi connectivity index (χ1v) is 9.64. The van der Waals surface area contributed by atoms with Gasteiger partial charge in [0.15, 0.2) is 5.96 Å². The van der Waals surface area contributed by atoms with Crippen LogP contribution >= 0.6 is 24.0 Å². The molecule has 1 saturated heterocycles. The van der Waals surface area contributed by atoms with Crippen LogP contribution in [0.1, 0.15) is 45.1 Å². The highest BCUT2D eigenvalue weighted by molar-refractivity contribution is 14.0. The van der Waals surface area contributed by atoms with Crippen LogP contribution in [0.25, 0.3) is 0 Å². The van der Waals surface area contributed by atoms with Crippen LogP contribution in [0.5, 0.6) is 5.88 Å². The molecule has 26 heavy (non-hydrogen) atoms. The third-order valence-corrected chi connectivity index (χ3v) is 4.18. The summed E-state index contributed by atoms with van der Waals surface area (Å²) in [4.78, 5) is 11.5. The van der Waals surface area contributed by atoms with Crippen molar-refractivity contribution in [2.75, 3.05) is 39.3 Å². The fourth-order valence-electron chi connectivity index (χ4n) is 2.82. The highest BCUT2D eigenvalue weighted by atomic mass is 127. The molecule has 1 aliphatic rings. The molecule has 2 rings (SSSR count). The predicted octanol–water partition coefficient (Wildman–Crippen LogP) is 3.03. The van der Waals surface area contributed by atoms with Crippen molar-refractivity contribution < 1.29 is 4.74 Å². The van der Waals surface area contributed by atoms with Gasteiger partial charge in [-0.25, -0.2) is 9.98 Å². The van der Waals surface area contributed by atoms with Crippen LogP contribution in [0.3, 0.4) is 0 Å². The Balaban J connectivity index is 0.00000338. The molecular weight excluding hydrogens is 441 g/mol. The molecule has 0 spiro atoms. The molecule has 0 amide bonds. The highest BCUT2D eigenvalue weighted by Crippen LogP contribution is 2.09. The van der Waals surface area contributed by atoms with Gasteiger partial charge in [0.1, 0.15) is 0 Å². The van der Waals surface area contributed by atoms with Gasteiger partial charge in [0.2, 0.25) is 5.88 Å². The van der Waals surface area contributed by atoms with Gasteiger partial charge in [0, 0.05) is 31.9 Å². The number of piperidine rings is 1. The van der Waals surface area contributed by atoms with Gasteiger partial charge in [0.05, 0.1) is 13.2 Å². The SMILES string of the molecule is CCCOc1ccc(CN=C(NCC)NCCN2CCCCC2)cn1.I. The average Bonchev–Trinajstić information content (AvgIpc) is 2.66. The summed E-state index contributed by atoms with van der Waals surface area (Å²) in [6, 6.07) is 3.94. The molecule has 2 heterocycles. The Morgan fingerprint density at radius 3 is 2.65 bits per heavy atom. The van der Waals surface area contributed by atoms with Crippen LogP contribution in [-0.4, -0.2) is 55.2 Å². The molecule has 1 aliphatic heterocycles. The van der Waals surface area contributed by atoms with E-state index >= 15 is 0 Å². The van der Waals surface area contributed by atoms with Crippen molar-refractivity contribution in [1.82, 2.24) is 20.5 Å². The molecule has 0 atom stereocenters. The van der Waals surface area contributed by atoms with Gasteiger partial charge in [0.25, 0.3) is 0 Å². The second kappa shape index (κ2) is 14.0. The summed E-state index contributed by atoms with van der Waals surface area (Å²) < 4.78 is 5.51. The topological polar surface area (TPSA) is 61.8 Å². The van der Waals surface area contributed by atoms with E-state index in [1.54, 1.807) is 0 Å². The van der Waals surface area contributed by atoms with Gasteiger partial charge >= 0.3 is 0 Å². The number of hydrogen-bond donors (Lipinski definition) is 2. The molecule has 7 heteroatoms. The summed E-state index contributed by atoms with van der Waals surface area (Å²) in [5, 5.41) is 6.73. The Bertz CT molecular complexity index is 503. The van der Waals surface area contributed by atoms with Gasteiger partial charge in [-0.2, -0.15) is 0 Å². The van der Waals surface area contributed by atoms with E-state index in [2.05, 4.69) is 39.4 Å². The summed E-state index contributed by atoms with van der Waals surface area (Å²) in [6.45, 7) is 10.8. The average molecular weight is 475 g/mol. The van der Waals surface area contributed by atoms with E-state index < -0.39 is 0 Å².